The number of methoxy groups -OCH3 is 2. The van der Waals surface area contributed by atoms with Crippen LogP contribution in [0.3, 0.4) is 0 Å². The Morgan fingerprint density at radius 2 is 1.59 bits per heavy atom. The van der Waals surface area contributed by atoms with Crippen molar-refractivity contribution >= 4 is 27.5 Å². The van der Waals surface area contributed by atoms with Gasteiger partial charge in [0.05, 0.1) is 24.8 Å². The molecule has 0 aromatic heterocycles. The maximum atomic E-state index is 14.0. The van der Waals surface area contributed by atoms with E-state index in [2.05, 4.69) is 5.32 Å². The van der Waals surface area contributed by atoms with Crippen LogP contribution in [0.2, 0.25) is 0 Å². The number of aryl methyl sites for hydroxylation is 1. The molecule has 0 fully saturated rings. The molecule has 0 saturated carbocycles. The van der Waals surface area contributed by atoms with Gasteiger partial charge in [0.15, 0.2) is 11.5 Å². The summed E-state index contributed by atoms with van der Waals surface area (Å²) in [5.41, 5.74) is 2.15. The smallest absolute Gasteiger partial charge is 0.264 e. The zero-order valence-electron chi connectivity index (χ0n) is 24.5. The van der Waals surface area contributed by atoms with Gasteiger partial charge in [-0.05, 0) is 57.0 Å². The van der Waals surface area contributed by atoms with Crippen LogP contribution in [-0.2, 0) is 26.2 Å². The van der Waals surface area contributed by atoms with E-state index in [1.54, 1.807) is 37.3 Å². The van der Waals surface area contributed by atoms with Crippen molar-refractivity contribution in [3.05, 3.63) is 83.9 Å². The molecular weight excluding hydrogens is 542 g/mol. The van der Waals surface area contributed by atoms with Crippen molar-refractivity contribution in [3.63, 3.8) is 0 Å². The van der Waals surface area contributed by atoms with Crippen LogP contribution in [0.5, 0.6) is 11.5 Å². The lowest BCUT2D eigenvalue weighted by atomic mass is 10.1. The summed E-state index contributed by atoms with van der Waals surface area (Å²) in [6.07, 6.45) is 0.732. The highest BCUT2D eigenvalue weighted by atomic mass is 32.2. The number of para-hydroxylation sites is 1. The molecule has 3 rings (SSSR count). The predicted molar refractivity (Wildman–Crippen MR) is 160 cm³/mol. The number of ether oxygens (including phenoxy) is 2. The van der Waals surface area contributed by atoms with E-state index in [1.807, 2.05) is 45.0 Å². The number of carbonyl (C=O) groups is 2. The van der Waals surface area contributed by atoms with E-state index in [4.69, 9.17) is 9.47 Å². The van der Waals surface area contributed by atoms with Crippen molar-refractivity contribution < 1.29 is 27.5 Å². The van der Waals surface area contributed by atoms with Gasteiger partial charge in [-0.1, -0.05) is 55.0 Å². The number of rotatable bonds is 13. The van der Waals surface area contributed by atoms with Crippen molar-refractivity contribution in [1.82, 2.24) is 10.2 Å². The van der Waals surface area contributed by atoms with Crippen molar-refractivity contribution in [2.75, 3.05) is 25.1 Å². The number of nitrogens with one attached hydrogen (secondary N) is 1. The highest BCUT2D eigenvalue weighted by Crippen LogP contribution is 2.32. The molecule has 0 bridgehead atoms. The van der Waals surface area contributed by atoms with Crippen LogP contribution in [0.4, 0.5) is 5.69 Å². The number of benzene rings is 3. The monoisotopic (exact) mass is 581 g/mol. The fraction of sp³-hybridized carbons (Fsp3) is 0.355. The molecule has 1 N–H and O–H groups in total. The summed E-state index contributed by atoms with van der Waals surface area (Å²) in [6.45, 7) is 7.07. The number of amides is 2. The van der Waals surface area contributed by atoms with E-state index in [1.165, 1.54) is 37.3 Å². The molecule has 2 amide bonds. The first-order valence-electron chi connectivity index (χ1n) is 13.5. The lowest BCUT2D eigenvalue weighted by molar-refractivity contribution is -0.139. The highest BCUT2D eigenvalue weighted by molar-refractivity contribution is 7.92. The first-order valence-corrected chi connectivity index (χ1v) is 14.9. The SMILES string of the molecule is CC[C@@H](C)NC(=O)[C@@H](C)N(Cc1cccc(C)c1)C(=O)CN(c1ccccc1)S(=O)(=O)c1ccc(OC)c(OC)c1. The van der Waals surface area contributed by atoms with Crippen LogP contribution < -0.4 is 19.1 Å². The first kappa shape index (κ1) is 31.5. The largest absolute Gasteiger partial charge is 0.493 e. The normalized spacial score (nSPS) is 12.6. The van der Waals surface area contributed by atoms with Crippen LogP contribution >= 0.6 is 0 Å². The van der Waals surface area contributed by atoms with E-state index in [9.17, 15) is 18.0 Å². The van der Waals surface area contributed by atoms with Gasteiger partial charge >= 0.3 is 0 Å². The van der Waals surface area contributed by atoms with E-state index in [0.717, 1.165) is 21.9 Å². The summed E-state index contributed by atoms with van der Waals surface area (Å²) >= 11 is 0. The third kappa shape index (κ3) is 7.79. The second kappa shape index (κ2) is 14.0. The van der Waals surface area contributed by atoms with Gasteiger partial charge in [-0.3, -0.25) is 13.9 Å². The molecule has 10 heteroatoms. The maximum absolute atomic E-state index is 14.0. The maximum Gasteiger partial charge on any atom is 0.264 e. The van der Waals surface area contributed by atoms with Gasteiger partial charge in [0.25, 0.3) is 10.0 Å². The number of sulfonamides is 1. The summed E-state index contributed by atoms with van der Waals surface area (Å²) in [7, 11) is -1.36. The molecular formula is C31H39N3O6S. The fourth-order valence-electron chi connectivity index (χ4n) is 4.28. The Hall–Kier alpha value is -4.05. The van der Waals surface area contributed by atoms with E-state index in [0.29, 0.717) is 11.4 Å². The summed E-state index contributed by atoms with van der Waals surface area (Å²) in [5.74, 6) is -0.218. The predicted octanol–water partition coefficient (Wildman–Crippen LogP) is 4.54. The van der Waals surface area contributed by atoms with Crippen molar-refractivity contribution in [2.45, 2.75) is 57.6 Å². The number of carbonyl (C=O) groups excluding carboxylic acids is 2. The minimum absolute atomic E-state index is 0.0698. The Balaban J connectivity index is 2.04. The molecule has 9 nitrogen and oxygen atoms in total. The quantitative estimate of drug-likeness (QED) is 0.318. The molecule has 3 aromatic rings. The third-order valence-electron chi connectivity index (χ3n) is 6.87. The Morgan fingerprint density at radius 1 is 0.902 bits per heavy atom. The Bertz CT molecular complexity index is 1450. The van der Waals surface area contributed by atoms with Gasteiger partial charge in [-0.15, -0.1) is 0 Å². The zero-order chi connectivity index (χ0) is 30.2. The summed E-state index contributed by atoms with van der Waals surface area (Å²) < 4.78 is 39.7. The van der Waals surface area contributed by atoms with Crippen LogP contribution in [0.1, 0.15) is 38.3 Å². The van der Waals surface area contributed by atoms with Crippen molar-refractivity contribution in [3.8, 4) is 11.5 Å². The lowest BCUT2D eigenvalue weighted by Gasteiger charge is -2.32. The number of nitrogens with zero attached hydrogens (tertiary/aromatic N) is 2. The van der Waals surface area contributed by atoms with Gasteiger partial charge in [0.1, 0.15) is 12.6 Å². The molecule has 2 atom stereocenters. The first-order chi connectivity index (χ1) is 19.5. The summed E-state index contributed by atoms with van der Waals surface area (Å²) in [6, 6.07) is 19.4. The number of anilines is 1. The number of hydrogen-bond donors (Lipinski definition) is 1. The Morgan fingerprint density at radius 3 is 2.20 bits per heavy atom. The molecule has 0 aliphatic heterocycles. The molecule has 0 saturated heterocycles. The number of hydrogen-bond acceptors (Lipinski definition) is 6. The van der Waals surface area contributed by atoms with Crippen LogP contribution in [0.25, 0.3) is 0 Å². The van der Waals surface area contributed by atoms with Gasteiger partial charge in [-0.25, -0.2) is 8.42 Å². The van der Waals surface area contributed by atoms with Gasteiger partial charge in [-0.2, -0.15) is 0 Å². The fourth-order valence-corrected chi connectivity index (χ4v) is 5.71. The minimum Gasteiger partial charge on any atom is -0.493 e. The Kier molecular flexibility index (Phi) is 10.8. The molecule has 220 valence electrons. The molecule has 0 aliphatic rings. The van der Waals surface area contributed by atoms with Crippen LogP contribution in [0, 0.1) is 6.92 Å². The topological polar surface area (TPSA) is 105 Å². The van der Waals surface area contributed by atoms with E-state index in [-0.39, 0.29) is 29.1 Å². The average molecular weight is 582 g/mol. The van der Waals surface area contributed by atoms with E-state index >= 15 is 0 Å². The standard InChI is InChI=1S/C31H39N3O6S/c1-7-23(3)32-31(36)24(4)33(20-25-13-11-12-22(2)18-25)30(35)21-34(26-14-9-8-10-15-26)41(37,38)27-16-17-28(39-5)29(19-27)40-6/h8-19,23-24H,7,20-21H2,1-6H3,(H,32,36)/t23-,24-/m1/s1. The molecule has 0 aliphatic carbocycles. The van der Waals surface area contributed by atoms with Crippen molar-refractivity contribution in [1.29, 1.82) is 0 Å². The van der Waals surface area contributed by atoms with Crippen LogP contribution in [-0.4, -0.2) is 58.0 Å². The second-order valence-corrected chi connectivity index (χ2v) is 11.7. The van der Waals surface area contributed by atoms with Crippen LogP contribution in [0.15, 0.2) is 77.7 Å². The summed E-state index contributed by atoms with van der Waals surface area (Å²) in [5, 5.41) is 2.94. The molecule has 41 heavy (non-hydrogen) atoms. The van der Waals surface area contributed by atoms with Crippen molar-refractivity contribution in [2.24, 2.45) is 0 Å². The average Bonchev–Trinajstić information content (AvgIpc) is 2.97. The molecule has 0 radical (unpaired) electrons. The molecule has 0 heterocycles. The Labute approximate surface area is 243 Å². The second-order valence-electron chi connectivity index (χ2n) is 9.87. The molecule has 0 unspecified atom stereocenters. The zero-order valence-corrected chi connectivity index (χ0v) is 25.3. The molecule has 0 spiro atoms. The minimum atomic E-state index is -4.24. The highest BCUT2D eigenvalue weighted by Gasteiger charge is 2.33. The molecule has 3 aromatic carbocycles. The summed E-state index contributed by atoms with van der Waals surface area (Å²) in [4.78, 5) is 28.5. The third-order valence-corrected chi connectivity index (χ3v) is 8.64. The van der Waals surface area contributed by atoms with E-state index < -0.39 is 28.5 Å². The lowest BCUT2D eigenvalue weighted by Crippen LogP contribution is -2.52. The van der Waals surface area contributed by atoms with Gasteiger partial charge < -0.3 is 19.7 Å². The van der Waals surface area contributed by atoms with Gasteiger partial charge in [0.2, 0.25) is 11.8 Å². The van der Waals surface area contributed by atoms with Gasteiger partial charge in [0, 0.05) is 18.7 Å².